The number of nitrogens with zero attached hydrogens (tertiary/aromatic N) is 1. The summed E-state index contributed by atoms with van der Waals surface area (Å²) in [4.78, 5) is 6.11. The van der Waals surface area contributed by atoms with Gasteiger partial charge >= 0.3 is 0 Å². The van der Waals surface area contributed by atoms with Crippen LogP contribution in [0.25, 0.3) is 10.6 Å². The average molecular weight is 265 g/mol. The zero-order valence-electron chi connectivity index (χ0n) is 9.53. The van der Waals surface area contributed by atoms with Crippen LogP contribution in [-0.2, 0) is 13.0 Å². The number of aromatic nitrogens is 1. The van der Waals surface area contributed by atoms with E-state index in [1.165, 1.54) is 10.6 Å². The first-order valence-electron chi connectivity index (χ1n) is 5.70. The molecule has 3 rings (SSSR count). The van der Waals surface area contributed by atoms with Crippen LogP contribution in [0.2, 0.25) is 5.02 Å². The van der Waals surface area contributed by atoms with Crippen LogP contribution in [0, 0.1) is 0 Å². The van der Waals surface area contributed by atoms with Crippen molar-refractivity contribution in [2.24, 2.45) is 0 Å². The minimum Gasteiger partial charge on any atom is -0.309 e. The molecule has 0 aliphatic carbocycles. The molecule has 0 saturated heterocycles. The summed E-state index contributed by atoms with van der Waals surface area (Å²) in [7, 11) is 0. The highest BCUT2D eigenvalue weighted by molar-refractivity contribution is 7.15. The third-order valence-corrected chi connectivity index (χ3v) is 4.38. The predicted octanol–water partition coefficient (Wildman–Crippen LogP) is 3.50. The Labute approximate surface area is 110 Å². The van der Waals surface area contributed by atoms with E-state index in [0.717, 1.165) is 28.6 Å². The van der Waals surface area contributed by atoms with Crippen molar-refractivity contribution in [1.82, 2.24) is 10.3 Å². The number of thiazole rings is 1. The van der Waals surface area contributed by atoms with Crippen LogP contribution >= 0.6 is 22.9 Å². The van der Waals surface area contributed by atoms with Gasteiger partial charge in [-0.3, -0.25) is 0 Å². The molecule has 2 aromatic rings. The Hall–Kier alpha value is -0.900. The van der Waals surface area contributed by atoms with Crippen LogP contribution in [0.4, 0.5) is 0 Å². The third kappa shape index (κ3) is 2.23. The average Bonchev–Trinajstić information content (AvgIpc) is 2.72. The van der Waals surface area contributed by atoms with Gasteiger partial charge in [0.2, 0.25) is 0 Å². The second-order valence-corrected chi connectivity index (χ2v) is 5.90. The molecule has 2 nitrogen and oxygen atoms in total. The number of hydrogen-bond donors (Lipinski definition) is 1. The minimum atomic E-state index is 0.530. The van der Waals surface area contributed by atoms with E-state index in [1.54, 1.807) is 11.3 Å². The molecule has 1 N–H and O–H groups in total. The molecule has 1 atom stereocenters. The molecule has 1 aliphatic rings. The molecule has 0 spiro atoms. The summed E-state index contributed by atoms with van der Waals surface area (Å²) in [5.74, 6) is 0. The van der Waals surface area contributed by atoms with Crippen molar-refractivity contribution in [3.63, 3.8) is 0 Å². The van der Waals surface area contributed by atoms with E-state index < -0.39 is 0 Å². The molecular weight excluding hydrogens is 252 g/mol. The van der Waals surface area contributed by atoms with E-state index in [2.05, 4.69) is 12.2 Å². The molecule has 1 aliphatic heterocycles. The Bertz CT molecular complexity index is 533. The minimum absolute atomic E-state index is 0.530. The lowest BCUT2D eigenvalue weighted by Crippen LogP contribution is -2.32. The largest absolute Gasteiger partial charge is 0.309 e. The van der Waals surface area contributed by atoms with Crippen LogP contribution in [0.3, 0.4) is 0 Å². The quantitative estimate of drug-likeness (QED) is 0.853. The number of halogens is 1. The van der Waals surface area contributed by atoms with Gasteiger partial charge in [-0.15, -0.1) is 11.3 Å². The standard InChI is InChI=1S/C13H13ClN2S/c1-8-6-11-12(7-15-8)17-13(16-11)9-2-4-10(14)5-3-9/h2-5,8,15H,6-7H2,1H3. The normalized spacial score (nSPS) is 19.1. The van der Waals surface area contributed by atoms with Gasteiger partial charge in [-0.05, 0) is 19.1 Å². The van der Waals surface area contributed by atoms with E-state index in [9.17, 15) is 0 Å². The van der Waals surface area contributed by atoms with Gasteiger partial charge in [-0.1, -0.05) is 23.7 Å². The monoisotopic (exact) mass is 264 g/mol. The van der Waals surface area contributed by atoms with Gasteiger partial charge in [0.25, 0.3) is 0 Å². The molecule has 0 bridgehead atoms. The summed E-state index contributed by atoms with van der Waals surface area (Å²) < 4.78 is 0. The van der Waals surface area contributed by atoms with Gasteiger partial charge in [0.1, 0.15) is 5.01 Å². The second kappa shape index (κ2) is 4.41. The van der Waals surface area contributed by atoms with Gasteiger partial charge in [-0.25, -0.2) is 4.98 Å². The molecule has 0 radical (unpaired) electrons. The predicted molar refractivity (Wildman–Crippen MR) is 72.6 cm³/mol. The van der Waals surface area contributed by atoms with Crippen LogP contribution < -0.4 is 5.32 Å². The van der Waals surface area contributed by atoms with Crippen molar-refractivity contribution in [3.05, 3.63) is 39.9 Å². The molecule has 0 amide bonds. The van der Waals surface area contributed by atoms with Crippen molar-refractivity contribution in [2.45, 2.75) is 25.9 Å². The molecular formula is C13H13ClN2S. The van der Waals surface area contributed by atoms with E-state index in [1.807, 2.05) is 24.3 Å². The number of rotatable bonds is 1. The summed E-state index contributed by atoms with van der Waals surface area (Å²) in [5, 5.41) is 5.33. The third-order valence-electron chi connectivity index (χ3n) is 2.98. The Balaban J connectivity index is 1.97. The van der Waals surface area contributed by atoms with Gasteiger partial charge < -0.3 is 5.32 Å². The fourth-order valence-electron chi connectivity index (χ4n) is 2.03. The van der Waals surface area contributed by atoms with Crippen molar-refractivity contribution in [3.8, 4) is 10.6 Å². The summed E-state index contributed by atoms with van der Waals surface area (Å²) in [6, 6.07) is 8.42. The van der Waals surface area contributed by atoms with Crippen LogP contribution in [0.5, 0.6) is 0 Å². The fraction of sp³-hybridized carbons (Fsp3) is 0.308. The Kier molecular flexibility index (Phi) is 2.90. The Morgan fingerprint density at radius 2 is 2.12 bits per heavy atom. The molecule has 0 saturated carbocycles. The Morgan fingerprint density at radius 3 is 2.88 bits per heavy atom. The first-order valence-corrected chi connectivity index (χ1v) is 6.90. The lowest BCUT2D eigenvalue weighted by atomic mass is 10.1. The second-order valence-electron chi connectivity index (χ2n) is 4.38. The smallest absolute Gasteiger partial charge is 0.123 e. The lowest BCUT2D eigenvalue weighted by molar-refractivity contribution is 0.513. The summed E-state index contributed by atoms with van der Waals surface area (Å²) in [6.07, 6.45) is 1.03. The SMILES string of the molecule is CC1Cc2nc(-c3ccc(Cl)cc3)sc2CN1. The number of nitrogens with one attached hydrogen (secondary N) is 1. The summed E-state index contributed by atoms with van der Waals surface area (Å²) in [6.45, 7) is 3.14. The first kappa shape index (κ1) is 11.2. The highest BCUT2D eigenvalue weighted by Crippen LogP contribution is 2.31. The zero-order valence-corrected chi connectivity index (χ0v) is 11.1. The van der Waals surface area contributed by atoms with Crippen LogP contribution in [0.1, 0.15) is 17.5 Å². The van der Waals surface area contributed by atoms with E-state index >= 15 is 0 Å². The first-order chi connectivity index (χ1) is 8.22. The zero-order chi connectivity index (χ0) is 11.8. The number of hydrogen-bond acceptors (Lipinski definition) is 3. The molecule has 1 unspecified atom stereocenters. The maximum atomic E-state index is 5.89. The van der Waals surface area contributed by atoms with E-state index in [4.69, 9.17) is 16.6 Å². The van der Waals surface area contributed by atoms with Crippen molar-refractivity contribution < 1.29 is 0 Å². The van der Waals surface area contributed by atoms with Crippen molar-refractivity contribution in [2.75, 3.05) is 0 Å². The van der Waals surface area contributed by atoms with Crippen molar-refractivity contribution in [1.29, 1.82) is 0 Å². The maximum absolute atomic E-state index is 5.89. The number of benzene rings is 1. The topological polar surface area (TPSA) is 24.9 Å². The molecule has 1 aromatic heterocycles. The molecule has 0 fully saturated rings. The lowest BCUT2D eigenvalue weighted by Gasteiger charge is -2.18. The highest BCUT2D eigenvalue weighted by Gasteiger charge is 2.19. The fourth-order valence-corrected chi connectivity index (χ4v) is 3.20. The summed E-state index contributed by atoms with van der Waals surface area (Å²) in [5.41, 5.74) is 2.41. The van der Waals surface area contributed by atoms with Gasteiger partial charge in [0, 0.05) is 34.5 Å². The van der Waals surface area contributed by atoms with E-state index in [-0.39, 0.29) is 0 Å². The highest BCUT2D eigenvalue weighted by atomic mass is 35.5. The van der Waals surface area contributed by atoms with Gasteiger partial charge in [0.15, 0.2) is 0 Å². The molecule has 88 valence electrons. The van der Waals surface area contributed by atoms with Crippen LogP contribution in [-0.4, -0.2) is 11.0 Å². The molecule has 1 aromatic carbocycles. The Morgan fingerprint density at radius 1 is 1.35 bits per heavy atom. The number of fused-ring (bicyclic) bond motifs is 1. The van der Waals surface area contributed by atoms with Crippen LogP contribution in [0.15, 0.2) is 24.3 Å². The van der Waals surface area contributed by atoms with Gasteiger partial charge in [-0.2, -0.15) is 0 Å². The van der Waals surface area contributed by atoms with E-state index in [0.29, 0.717) is 6.04 Å². The van der Waals surface area contributed by atoms with Crippen molar-refractivity contribution >= 4 is 22.9 Å². The molecule has 4 heteroatoms. The summed E-state index contributed by atoms with van der Waals surface area (Å²) >= 11 is 7.67. The molecule has 17 heavy (non-hydrogen) atoms. The molecule has 2 heterocycles. The van der Waals surface area contributed by atoms with Gasteiger partial charge in [0.05, 0.1) is 5.69 Å². The maximum Gasteiger partial charge on any atom is 0.123 e.